The van der Waals surface area contributed by atoms with Crippen molar-refractivity contribution in [2.24, 2.45) is 23.0 Å². The second-order valence-electron chi connectivity index (χ2n) is 7.12. The fourth-order valence-electron chi connectivity index (χ4n) is 3.89. The summed E-state index contributed by atoms with van der Waals surface area (Å²) in [6.07, 6.45) is 3.82. The summed E-state index contributed by atoms with van der Waals surface area (Å²) in [6.45, 7) is 6.61. The molecule has 0 bridgehead atoms. The second kappa shape index (κ2) is 6.05. The highest BCUT2D eigenvalue weighted by Crippen LogP contribution is 2.51. The van der Waals surface area contributed by atoms with Gasteiger partial charge in [-0.05, 0) is 50.5 Å². The Kier molecular flexibility index (Phi) is 4.74. The molecule has 3 heteroatoms. The van der Waals surface area contributed by atoms with Gasteiger partial charge in [-0.1, -0.05) is 32.0 Å². The maximum absolute atomic E-state index is 14.2. The Morgan fingerprint density at radius 1 is 1.33 bits per heavy atom. The highest BCUT2D eigenvalue weighted by atomic mass is 19.1. The SMILES string of the molecule is CC(C)C1CCC(CN)(C(C)(O)c2ccccc2F)CC1. The minimum Gasteiger partial charge on any atom is -0.385 e. The lowest BCUT2D eigenvalue weighted by molar-refractivity contribution is -0.102. The molecule has 1 aromatic rings. The van der Waals surface area contributed by atoms with Crippen LogP contribution in [0.5, 0.6) is 0 Å². The monoisotopic (exact) mass is 293 g/mol. The summed E-state index contributed by atoms with van der Waals surface area (Å²) in [6, 6.07) is 6.52. The molecule has 0 aliphatic heterocycles. The molecule has 0 amide bonds. The van der Waals surface area contributed by atoms with Crippen LogP contribution in [0.3, 0.4) is 0 Å². The van der Waals surface area contributed by atoms with Crippen molar-refractivity contribution in [1.29, 1.82) is 0 Å². The summed E-state index contributed by atoms with van der Waals surface area (Å²) in [5.41, 5.74) is 4.77. The van der Waals surface area contributed by atoms with Crippen LogP contribution in [0.1, 0.15) is 52.0 Å². The first kappa shape index (κ1) is 16.4. The lowest BCUT2D eigenvalue weighted by Gasteiger charge is -2.49. The van der Waals surface area contributed by atoms with Crippen LogP contribution in [0.4, 0.5) is 4.39 Å². The number of benzene rings is 1. The molecule has 1 aromatic carbocycles. The summed E-state index contributed by atoms with van der Waals surface area (Å²) in [5, 5.41) is 11.1. The molecule has 1 unspecified atom stereocenters. The standard InChI is InChI=1S/C18H28FNO/c1-13(2)14-8-10-18(12-20,11-9-14)17(3,21)15-6-4-5-7-16(15)19/h4-7,13-14,21H,8-12,20H2,1-3H3. The van der Waals surface area contributed by atoms with Crippen LogP contribution in [-0.4, -0.2) is 11.7 Å². The van der Waals surface area contributed by atoms with Crippen LogP contribution in [0.25, 0.3) is 0 Å². The Morgan fingerprint density at radius 3 is 2.38 bits per heavy atom. The van der Waals surface area contributed by atoms with E-state index in [0.29, 0.717) is 23.9 Å². The van der Waals surface area contributed by atoms with Crippen LogP contribution in [-0.2, 0) is 5.60 Å². The van der Waals surface area contributed by atoms with Crippen LogP contribution in [0.15, 0.2) is 24.3 Å². The van der Waals surface area contributed by atoms with Gasteiger partial charge in [-0.15, -0.1) is 0 Å². The Morgan fingerprint density at radius 2 is 1.90 bits per heavy atom. The van der Waals surface area contributed by atoms with E-state index in [2.05, 4.69) is 13.8 Å². The van der Waals surface area contributed by atoms with Crippen molar-refractivity contribution in [3.63, 3.8) is 0 Å². The molecule has 1 fully saturated rings. The molecule has 0 aromatic heterocycles. The zero-order chi connectivity index (χ0) is 15.7. The first-order valence-electron chi connectivity index (χ1n) is 8.01. The van der Waals surface area contributed by atoms with E-state index in [0.717, 1.165) is 25.7 Å². The van der Waals surface area contributed by atoms with Crippen LogP contribution >= 0.6 is 0 Å². The van der Waals surface area contributed by atoms with Crippen LogP contribution in [0.2, 0.25) is 0 Å². The number of aliphatic hydroxyl groups is 1. The highest BCUT2D eigenvalue weighted by molar-refractivity contribution is 5.27. The third-order valence-corrected chi connectivity index (χ3v) is 5.75. The van der Waals surface area contributed by atoms with Gasteiger partial charge in [0.1, 0.15) is 5.82 Å². The van der Waals surface area contributed by atoms with E-state index in [9.17, 15) is 9.50 Å². The molecule has 2 nitrogen and oxygen atoms in total. The van der Waals surface area contributed by atoms with E-state index >= 15 is 0 Å². The van der Waals surface area contributed by atoms with Gasteiger partial charge in [0, 0.05) is 17.5 Å². The summed E-state index contributed by atoms with van der Waals surface area (Å²) in [5.74, 6) is 0.988. The summed E-state index contributed by atoms with van der Waals surface area (Å²) in [7, 11) is 0. The molecular weight excluding hydrogens is 265 g/mol. The number of rotatable bonds is 4. The van der Waals surface area contributed by atoms with Gasteiger partial charge < -0.3 is 10.8 Å². The maximum Gasteiger partial charge on any atom is 0.129 e. The van der Waals surface area contributed by atoms with E-state index in [4.69, 9.17) is 5.73 Å². The zero-order valence-corrected chi connectivity index (χ0v) is 13.4. The third kappa shape index (κ3) is 2.86. The summed E-state index contributed by atoms with van der Waals surface area (Å²) >= 11 is 0. The minimum absolute atomic E-state index is 0.346. The average molecular weight is 293 g/mol. The van der Waals surface area contributed by atoms with E-state index in [1.54, 1.807) is 25.1 Å². The molecule has 3 N–H and O–H groups in total. The topological polar surface area (TPSA) is 46.2 Å². The number of hydrogen-bond acceptors (Lipinski definition) is 2. The molecule has 118 valence electrons. The summed E-state index contributed by atoms with van der Waals surface area (Å²) in [4.78, 5) is 0. The predicted molar refractivity (Wildman–Crippen MR) is 84.3 cm³/mol. The largest absolute Gasteiger partial charge is 0.385 e. The fraction of sp³-hybridized carbons (Fsp3) is 0.667. The Hall–Kier alpha value is -0.930. The van der Waals surface area contributed by atoms with Crippen molar-refractivity contribution in [1.82, 2.24) is 0 Å². The van der Waals surface area contributed by atoms with Gasteiger partial charge in [-0.3, -0.25) is 0 Å². The normalized spacial score (nSPS) is 29.4. The molecule has 2 rings (SSSR count). The van der Waals surface area contributed by atoms with Gasteiger partial charge >= 0.3 is 0 Å². The smallest absolute Gasteiger partial charge is 0.129 e. The van der Waals surface area contributed by atoms with Crippen molar-refractivity contribution >= 4 is 0 Å². The molecule has 1 saturated carbocycles. The highest BCUT2D eigenvalue weighted by Gasteiger charge is 2.50. The molecular formula is C18H28FNO. The maximum atomic E-state index is 14.2. The third-order valence-electron chi connectivity index (χ3n) is 5.75. The van der Waals surface area contributed by atoms with Crippen molar-refractivity contribution in [3.8, 4) is 0 Å². The first-order valence-corrected chi connectivity index (χ1v) is 8.01. The van der Waals surface area contributed by atoms with Gasteiger partial charge in [-0.25, -0.2) is 4.39 Å². The van der Waals surface area contributed by atoms with Crippen molar-refractivity contribution in [3.05, 3.63) is 35.6 Å². The Bertz CT molecular complexity index is 476. The summed E-state index contributed by atoms with van der Waals surface area (Å²) < 4.78 is 14.2. The quantitative estimate of drug-likeness (QED) is 0.886. The van der Waals surface area contributed by atoms with E-state index in [1.165, 1.54) is 6.07 Å². The van der Waals surface area contributed by atoms with E-state index in [-0.39, 0.29) is 5.82 Å². The number of halogens is 1. The Labute approximate surface area is 127 Å². The van der Waals surface area contributed by atoms with Gasteiger partial charge in [0.05, 0.1) is 5.60 Å². The van der Waals surface area contributed by atoms with Crippen molar-refractivity contribution in [2.45, 2.75) is 52.1 Å². The van der Waals surface area contributed by atoms with Crippen molar-refractivity contribution < 1.29 is 9.50 Å². The molecule has 1 aliphatic carbocycles. The van der Waals surface area contributed by atoms with E-state index < -0.39 is 11.0 Å². The predicted octanol–water partition coefficient (Wildman–Crippen LogP) is 3.82. The average Bonchev–Trinajstić information content (AvgIpc) is 2.47. The Balaban J connectivity index is 2.30. The van der Waals surface area contributed by atoms with Gasteiger partial charge in [0.25, 0.3) is 0 Å². The molecule has 0 saturated heterocycles. The number of nitrogens with two attached hydrogens (primary N) is 1. The zero-order valence-electron chi connectivity index (χ0n) is 13.4. The molecule has 1 aliphatic rings. The first-order chi connectivity index (χ1) is 9.84. The second-order valence-corrected chi connectivity index (χ2v) is 7.12. The van der Waals surface area contributed by atoms with Gasteiger partial charge in [0.15, 0.2) is 0 Å². The lowest BCUT2D eigenvalue weighted by Crippen LogP contribution is -2.51. The van der Waals surface area contributed by atoms with Crippen molar-refractivity contribution in [2.75, 3.05) is 6.54 Å². The molecule has 0 heterocycles. The fourth-order valence-corrected chi connectivity index (χ4v) is 3.89. The molecule has 0 radical (unpaired) electrons. The lowest BCUT2D eigenvalue weighted by atomic mass is 9.59. The van der Waals surface area contributed by atoms with E-state index in [1.807, 2.05) is 0 Å². The van der Waals surface area contributed by atoms with Gasteiger partial charge in [-0.2, -0.15) is 0 Å². The molecule has 21 heavy (non-hydrogen) atoms. The number of hydrogen-bond donors (Lipinski definition) is 2. The molecule has 0 spiro atoms. The minimum atomic E-state index is -1.23. The molecule has 1 atom stereocenters. The van der Waals surface area contributed by atoms with Crippen LogP contribution in [0, 0.1) is 23.1 Å². The van der Waals surface area contributed by atoms with Gasteiger partial charge in [0.2, 0.25) is 0 Å². The van der Waals surface area contributed by atoms with Crippen LogP contribution < -0.4 is 5.73 Å².